The molecule has 7 heteroatoms. The number of nitrogens with one attached hydrogen (secondary N) is 1. The highest BCUT2D eigenvalue weighted by Gasteiger charge is 2.40. The van der Waals surface area contributed by atoms with Gasteiger partial charge in [-0.25, -0.2) is 4.98 Å². The zero-order valence-electron chi connectivity index (χ0n) is 11.3. The lowest BCUT2D eigenvalue weighted by molar-refractivity contribution is -0.120. The molecule has 3 rings (SSSR count). The fourth-order valence-electron chi connectivity index (χ4n) is 2.37. The van der Waals surface area contributed by atoms with Crippen LogP contribution in [0.3, 0.4) is 0 Å². The molecule has 0 radical (unpaired) electrons. The second-order valence-corrected chi connectivity index (χ2v) is 6.65. The quantitative estimate of drug-likeness (QED) is 0.874. The van der Waals surface area contributed by atoms with Gasteiger partial charge in [-0.2, -0.15) is 13.2 Å². The second-order valence-electron chi connectivity index (χ2n) is 5.58. The van der Waals surface area contributed by atoms with Gasteiger partial charge in [-0.1, -0.05) is 0 Å². The predicted molar refractivity (Wildman–Crippen MR) is 73.3 cm³/mol. The molecule has 0 spiro atoms. The first-order valence-corrected chi connectivity index (χ1v) is 7.77. The Morgan fingerprint density at radius 1 is 1.30 bits per heavy atom. The lowest BCUT2D eigenvalue weighted by atomic mass is 10.2. The third-order valence-corrected chi connectivity index (χ3v) is 4.71. The number of anilines is 1. The summed E-state index contributed by atoms with van der Waals surface area (Å²) in [5, 5.41) is 3.63. The van der Waals surface area contributed by atoms with Crippen LogP contribution in [0.2, 0.25) is 0 Å². The van der Waals surface area contributed by atoms with Crippen LogP contribution in [-0.4, -0.2) is 30.8 Å². The van der Waals surface area contributed by atoms with Crippen molar-refractivity contribution in [3.8, 4) is 0 Å². The number of rotatable bonds is 6. The number of hydrogen-bond acceptors (Lipinski definition) is 4. The molecule has 0 atom stereocenters. The van der Waals surface area contributed by atoms with Gasteiger partial charge in [0.05, 0.1) is 5.69 Å². The van der Waals surface area contributed by atoms with Gasteiger partial charge in [-0.05, 0) is 32.7 Å². The van der Waals surface area contributed by atoms with E-state index < -0.39 is 12.7 Å². The molecule has 2 aliphatic rings. The molecule has 2 saturated carbocycles. The van der Waals surface area contributed by atoms with E-state index in [1.807, 2.05) is 7.05 Å². The van der Waals surface area contributed by atoms with Gasteiger partial charge in [0.1, 0.15) is 6.54 Å². The molecule has 20 heavy (non-hydrogen) atoms. The normalized spacial score (nSPS) is 19.4. The van der Waals surface area contributed by atoms with Crippen molar-refractivity contribution in [2.24, 2.45) is 0 Å². The molecule has 0 saturated heterocycles. The molecule has 0 aliphatic heterocycles. The average Bonchev–Trinajstić information content (AvgIpc) is 3.24. The van der Waals surface area contributed by atoms with Crippen LogP contribution < -0.4 is 10.2 Å². The van der Waals surface area contributed by atoms with Gasteiger partial charge in [0.25, 0.3) is 0 Å². The minimum Gasteiger partial charge on any atom is -0.336 e. The van der Waals surface area contributed by atoms with Crippen LogP contribution in [0.4, 0.5) is 18.3 Å². The molecule has 0 aromatic carbocycles. The third-order valence-electron chi connectivity index (χ3n) is 3.60. The molecule has 2 fully saturated rings. The van der Waals surface area contributed by atoms with Gasteiger partial charge in [0.15, 0.2) is 5.13 Å². The van der Waals surface area contributed by atoms with Crippen LogP contribution in [0.25, 0.3) is 0 Å². The van der Waals surface area contributed by atoms with Crippen molar-refractivity contribution in [3.05, 3.63) is 10.6 Å². The predicted octanol–water partition coefficient (Wildman–Crippen LogP) is 3.27. The number of hydrogen-bond donors (Lipinski definition) is 1. The van der Waals surface area contributed by atoms with E-state index in [0.29, 0.717) is 17.6 Å². The standard InChI is InChI=1S/C13H18F3N3S/c1-17-6-10-11(8-2-3-8)18-12(20-10)19(9-4-5-9)7-13(14,15)16/h8-9,17H,2-7H2,1H3. The Bertz CT molecular complexity index is 478. The van der Waals surface area contributed by atoms with Crippen molar-refractivity contribution in [1.82, 2.24) is 10.3 Å². The molecular weight excluding hydrogens is 287 g/mol. The van der Waals surface area contributed by atoms with E-state index in [4.69, 9.17) is 0 Å². The summed E-state index contributed by atoms with van der Waals surface area (Å²) in [6, 6.07) is 0.0252. The first-order valence-electron chi connectivity index (χ1n) is 6.95. The fraction of sp³-hybridized carbons (Fsp3) is 0.769. The number of nitrogens with zero attached hydrogens (tertiary/aromatic N) is 2. The van der Waals surface area contributed by atoms with Crippen LogP contribution in [-0.2, 0) is 6.54 Å². The van der Waals surface area contributed by atoms with Crippen LogP contribution >= 0.6 is 11.3 Å². The van der Waals surface area contributed by atoms with Gasteiger partial charge in [-0.3, -0.25) is 0 Å². The van der Waals surface area contributed by atoms with Gasteiger partial charge in [0.2, 0.25) is 0 Å². The Balaban J connectivity index is 1.84. The summed E-state index contributed by atoms with van der Waals surface area (Å²) in [4.78, 5) is 7.09. The largest absolute Gasteiger partial charge is 0.406 e. The van der Waals surface area contributed by atoms with E-state index in [0.717, 1.165) is 36.3 Å². The maximum atomic E-state index is 12.7. The summed E-state index contributed by atoms with van der Waals surface area (Å²) < 4.78 is 38.2. The van der Waals surface area contributed by atoms with Crippen LogP contribution in [0.5, 0.6) is 0 Å². The molecule has 0 amide bonds. The summed E-state index contributed by atoms with van der Waals surface area (Å²) >= 11 is 1.42. The monoisotopic (exact) mass is 305 g/mol. The Hall–Kier alpha value is -0.820. The van der Waals surface area contributed by atoms with Gasteiger partial charge < -0.3 is 10.2 Å². The van der Waals surface area contributed by atoms with E-state index in [9.17, 15) is 13.2 Å². The molecule has 1 aromatic rings. The molecule has 0 bridgehead atoms. The summed E-state index contributed by atoms with van der Waals surface area (Å²) in [5.41, 5.74) is 1.02. The van der Waals surface area contributed by atoms with Gasteiger partial charge in [0, 0.05) is 23.4 Å². The maximum Gasteiger partial charge on any atom is 0.406 e. The molecular formula is C13H18F3N3S. The zero-order chi connectivity index (χ0) is 14.3. The summed E-state index contributed by atoms with van der Waals surface area (Å²) in [7, 11) is 1.85. The molecule has 112 valence electrons. The minimum atomic E-state index is -4.17. The summed E-state index contributed by atoms with van der Waals surface area (Å²) in [6.45, 7) is -0.192. The highest BCUT2D eigenvalue weighted by molar-refractivity contribution is 7.15. The Morgan fingerprint density at radius 3 is 2.50 bits per heavy atom. The minimum absolute atomic E-state index is 0.0252. The highest BCUT2D eigenvalue weighted by Crippen LogP contribution is 2.45. The van der Waals surface area contributed by atoms with Crippen molar-refractivity contribution in [2.45, 2.75) is 50.4 Å². The SMILES string of the molecule is CNCc1sc(N(CC(F)(F)F)C2CC2)nc1C1CC1. The lowest BCUT2D eigenvalue weighted by Gasteiger charge is -2.22. The van der Waals surface area contributed by atoms with Crippen LogP contribution in [0.1, 0.15) is 42.2 Å². The molecule has 1 aromatic heterocycles. The molecule has 3 nitrogen and oxygen atoms in total. The van der Waals surface area contributed by atoms with Crippen molar-refractivity contribution in [1.29, 1.82) is 0 Å². The first-order chi connectivity index (χ1) is 9.48. The second kappa shape index (κ2) is 5.18. The van der Waals surface area contributed by atoms with Crippen LogP contribution in [0.15, 0.2) is 0 Å². The Labute approximate surface area is 120 Å². The van der Waals surface area contributed by atoms with E-state index in [2.05, 4.69) is 10.3 Å². The molecule has 1 heterocycles. The van der Waals surface area contributed by atoms with E-state index >= 15 is 0 Å². The smallest absolute Gasteiger partial charge is 0.336 e. The van der Waals surface area contributed by atoms with E-state index in [-0.39, 0.29) is 6.04 Å². The molecule has 2 aliphatic carbocycles. The third kappa shape index (κ3) is 3.25. The number of thiazole rings is 1. The van der Waals surface area contributed by atoms with Crippen molar-refractivity contribution in [2.75, 3.05) is 18.5 Å². The number of alkyl halides is 3. The van der Waals surface area contributed by atoms with Crippen LogP contribution in [0, 0.1) is 0 Å². The highest BCUT2D eigenvalue weighted by atomic mass is 32.1. The van der Waals surface area contributed by atoms with E-state index in [1.54, 1.807) is 0 Å². The van der Waals surface area contributed by atoms with Gasteiger partial charge >= 0.3 is 6.18 Å². The Kier molecular flexibility index (Phi) is 3.66. The molecule has 1 N–H and O–H groups in total. The van der Waals surface area contributed by atoms with Gasteiger partial charge in [-0.15, -0.1) is 11.3 Å². The Morgan fingerprint density at radius 2 is 2.00 bits per heavy atom. The summed E-state index contributed by atoms with van der Waals surface area (Å²) in [6.07, 6.45) is -0.256. The topological polar surface area (TPSA) is 28.2 Å². The summed E-state index contributed by atoms with van der Waals surface area (Å²) in [5.74, 6) is 0.468. The fourth-order valence-corrected chi connectivity index (χ4v) is 3.60. The van der Waals surface area contributed by atoms with Crippen molar-refractivity contribution in [3.63, 3.8) is 0 Å². The molecule has 0 unspecified atom stereocenters. The number of halogens is 3. The average molecular weight is 305 g/mol. The first kappa shape index (κ1) is 14.1. The lowest BCUT2D eigenvalue weighted by Crippen LogP contribution is -2.35. The van der Waals surface area contributed by atoms with Crippen molar-refractivity contribution < 1.29 is 13.2 Å². The van der Waals surface area contributed by atoms with E-state index in [1.165, 1.54) is 16.2 Å². The zero-order valence-corrected chi connectivity index (χ0v) is 12.2. The number of aromatic nitrogens is 1. The van der Waals surface area contributed by atoms with Crippen molar-refractivity contribution >= 4 is 16.5 Å². The maximum absolute atomic E-state index is 12.7.